The van der Waals surface area contributed by atoms with E-state index in [-0.39, 0.29) is 22.2 Å². The topological polar surface area (TPSA) is 114 Å². The van der Waals surface area contributed by atoms with E-state index in [2.05, 4.69) is 5.10 Å². The molecule has 1 aromatic heterocycles. The monoisotopic (exact) mass is 423 g/mol. The summed E-state index contributed by atoms with van der Waals surface area (Å²) in [6.45, 7) is 0. The van der Waals surface area contributed by atoms with E-state index in [1.807, 2.05) is 24.3 Å². The lowest BCUT2D eigenvalue weighted by Crippen LogP contribution is -2.17. The summed E-state index contributed by atoms with van der Waals surface area (Å²) in [7, 11) is -2.56. The van der Waals surface area contributed by atoms with Gasteiger partial charge in [-0.3, -0.25) is 0 Å². The number of hydrogen-bond acceptors (Lipinski definition) is 7. The van der Waals surface area contributed by atoms with Crippen LogP contribution in [-0.2, 0) is 10.0 Å². The minimum absolute atomic E-state index is 0.0176. The average Bonchev–Trinajstić information content (AvgIpc) is 3.14. The number of nitrogens with zero attached hydrogens (tertiary/aromatic N) is 2. The fourth-order valence-corrected chi connectivity index (χ4v) is 4.14. The number of methoxy groups -OCH3 is 1. The molecule has 0 fully saturated rings. The van der Waals surface area contributed by atoms with Gasteiger partial charge < -0.3 is 15.2 Å². The first-order valence-electron chi connectivity index (χ1n) is 8.84. The van der Waals surface area contributed by atoms with Crippen LogP contribution < -0.4 is 15.2 Å². The lowest BCUT2D eigenvalue weighted by Gasteiger charge is -2.07. The minimum atomic E-state index is -4.08. The molecule has 4 aromatic rings. The standard InChI is InChI=1S/C21H17N3O5S/c1-28-17-9-6-15(7-10-17)21(25)29-20-13-19(22)24(23-20)30(26,27)18-11-8-14-4-2-3-5-16(14)12-18/h2-13H,22H2,1H3. The van der Waals surface area contributed by atoms with Gasteiger partial charge in [0, 0.05) is 6.07 Å². The van der Waals surface area contributed by atoms with Gasteiger partial charge in [0.2, 0.25) is 5.88 Å². The molecule has 0 aliphatic heterocycles. The third-order valence-corrected chi connectivity index (χ3v) is 6.05. The largest absolute Gasteiger partial charge is 0.497 e. The normalized spacial score (nSPS) is 11.4. The Morgan fingerprint density at radius 2 is 1.67 bits per heavy atom. The number of nitrogen functional groups attached to an aromatic ring is 1. The summed E-state index contributed by atoms with van der Waals surface area (Å²) in [5, 5.41) is 5.53. The van der Waals surface area contributed by atoms with E-state index in [4.69, 9.17) is 15.2 Å². The van der Waals surface area contributed by atoms with Gasteiger partial charge in [0.15, 0.2) is 0 Å². The molecular weight excluding hydrogens is 406 g/mol. The van der Waals surface area contributed by atoms with Crippen LogP contribution in [0.4, 0.5) is 5.82 Å². The van der Waals surface area contributed by atoms with Gasteiger partial charge in [0.1, 0.15) is 11.6 Å². The molecule has 1 heterocycles. The van der Waals surface area contributed by atoms with Crippen LogP contribution in [0.1, 0.15) is 10.4 Å². The van der Waals surface area contributed by atoms with Crippen molar-refractivity contribution < 1.29 is 22.7 Å². The highest BCUT2D eigenvalue weighted by atomic mass is 32.2. The van der Waals surface area contributed by atoms with E-state index in [1.165, 1.54) is 37.4 Å². The van der Waals surface area contributed by atoms with Crippen molar-refractivity contribution in [3.05, 3.63) is 78.4 Å². The Hall–Kier alpha value is -3.85. The second-order valence-corrected chi connectivity index (χ2v) is 8.15. The molecule has 0 aliphatic carbocycles. The first-order valence-corrected chi connectivity index (χ1v) is 10.3. The number of carbonyl (C=O) groups is 1. The van der Waals surface area contributed by atoms with Crippen molar-refractivity contribution in [3.63, 3.8) is 0 Å². The second-order valence-electron chi connectivity index (χ2n) is 6.38. The van der Waals surface area contributed by atoms with E-state index < -0.39 is 16.0 Å². The van der Waals surface area contributed by atoms with Crippen LogP contribution in [-0.4, -0.2) is 30.7 Å². The summed E-state index contributed by atoms with van der Waals surface area (Å²) in [4.78, 5) is 12.3. The van der Waals surface area contributed by atoms with Crippen LogP contribution in [0.5, 0.6) is 11.6 Å². The Morgan fingerprint density at radius 3 is 2.37 bits per heavy atom. The second kappa shape index (κ2) is 7.53. The minimum Gasteiger partial charge on any atom is -0.497 e. The third kappa shape index (κ3) is 3.58. The zero-order valence-electron chi connectivity index (χ0n) is 15.8. The number of anilines is 1. The highest BCUT2D eigenvalue weighted by molar-refractivity contribution is 7.90. The number of hydrogen-bond donors (Lipinski definition) is 1. The van der Waals surface area contributed by atoms with Crippen LogP contribution in [0.15, 0.2) is 77.7 Å². The summed E-state index contributed by atoms with van der Waals surface area (Å²) >= 11 is 0. The molecule has 0 atom stereocenters. The molecule has 0 unspecified atom stereocenters. The van der Waals surface area contributed by atoms with Crippen LogP contribution in [0.3, 0.4) is 0 Å². The Balaban J connectivity index is 1.62. The molecule has 0 bridgehead atoms. The number of aromatic nitrogens is 2. The van der Waals surface area contributed by atoms with Gasteiger partial charge in [0.25, 0.3) is 10.0 Å². The van der Waals surface area contributed by atoms with Gasteiger partial charge in [-0.1, -0.05) is 30.3 Å². The molecule has 30 heavy (non-hydrogen) atoms. The number of ether oxygens (including phenoxy) is 2. The van der Waals surface area contributed by atoms with Crippen molar-refractivity contribution in [1.82, 2.24) is 9.19 Å². The summed E-state index contributed by atoms with van der Waals surface area (Å²) < 4.78 is 36.9. The van der Waals surface area contributed by atoms with Gasteiger partial charge >= 0.3 is 5.97 Å². The molecule has 0 aliphatic rings. The van der Waals surface area contributed by atoms with Crippen molar-refractivity contribution in [2.75, 3.05) is 12.8 Å². The average molecular weight is 423 g/mol. The van der Waals surface area contributed by atoms with Crippen molar-refractivity contribution in [2.45, 2.75) is 4.90 Å². The number of carbonyl (C=O) groups excluding carboxylic acids is 1. The Kier molecular flexibility index (Phi) is 4.88. The fourth-order valence-electron chi connectivity index (χ4n) is 2.91. The predicted molar refractivity (Wildman–Crippen MR) is 111 cm³/mol. The van der Waals surface area contributed by atoms with Gasteiger partial charge in [0.05, 0.1) is 17.6 Å². The quantitative estimate of drug-likeness (QED) is 0.491. The molecule has 0 saturated heterocycles. The third-order valence-electron chi connectivity index (χ3n) is 4.45. The zero-order chi connectivity index (χ0) is 21.3. The Morgan fingerprint density at radius 1 is 0.967 bits per heavy atom. The number of esters is 1. The molecule has 0 radical (unpaired) electrons. The lowest BCUT2D eigenvalue weighted by molar-refractivity contribution is 0.0727. The zero-order valence-corrected chi connectivity index (χ0v) is 16.7. The van der Waals surface area contributed by atoms with E-state index in [9.17, 15) is 13.2 Å². The molecule has 9 heteroatoms. The number of benzene rings is 3. The summed E-state index contributed by atoms with van der Waals surface area (Å²) in [5.41, 5.74) is 6.09. The van der Waals surface area contributed by atoms with Gasteiger partial charge in [-0.15, -0.1) is 9.19 Å². The number of nitrogens with two attached hydrogens (primary N) is 1. The van der Waals surface area contributed by atoms with Crippen molar-refractivity contribution in [1.29, 1.82) is 0 Å². The summed E-state index contributed by atoms with van der Waals surface area (Å²) in [6.07, 6.45) is 0. The first-order chi connectivity index (χ1) is 14.4. The maximum Gasteiger partial charge on any atom is 0.344 e. The van der Waals surface area contributed by atoms with Crippen LogP contribution >= 0.6 is 0 Å². The first kappa shape index (κ1) is 19.5. The van der Waals surface area contributed by atoms with E-state index in [0.29, 0.717) is 9.84 Å². The smallest absolute Gasteiger partial charge is 0.344 e. The molecule has 0 saturated carbocycles. The number of rotatable bonds is 5. The maximum atomic E-state index is 13.0. The molecule has 2 N–H and O–H groups in total. The molecule has 8 nitrogen and oxygen atoms in total. The van der Waals surface area contributed by atoms with Gasteiger partial charge in [-0.25, -0.2) is 4.79 Å². The van der Waals surface area contributed by atoms with Crippen LogP contribution in [0.2, 0.25) is 0 Å². The molecular formula is C21H17N3O5S. The lowest BCUT2D eigenvalue weighted by atomic mass is 10.1. The highest BCUT2D eigenvalue weighted by Gasteiger charge is 2.23. The Bertz CT molecular complexity index is 1340. The predicted octanol–water partition coefficient (Wildman–Crippen LogP) is 3.08. The summed E-state index contributed by atoms with van der Waals surface area (Å²) in [6, 6.07) is 19.5. The molecule has 3 aromatic carbocycles. The molecule has 4 rings (SSSR count). The van der Waals surface area contributed by atoms with E-state index in [1.54, 1.807) is 18.2 Å². The SMILES string of the molecule is COc1ccc(C(=O)Oc2cc(N)n(S(=O)(=O)c3ccc4ccccc4c3)n2)cc1. The highest BCUT2D eigenvalue weighted by Crippen LogP contribution is 2.25. The van der Waals surface area contributed by atoms with Gasteiger partial charge in [-0.2, -0.15) is 8.42 Å². The number of fused-ring (bicyclic) bond motifs is 1. The molecule has 0 amide bonds. The van der Waals surface area contributed by atoms with Gasteiger partial charge in [-0.05, 0) is 47.2 Å². The summed E-state index contributed by atoms with van der Waals surface area (Å²) in [5.74, 6) is -0.523. The molecule has 0 spiro atoms. The van der Waals surface area contributed by atoms with E-state index in [0.717, 1.165) is 10.8 Å². The van der Waals surface area contributed by atoms with E-state index >= 15 is 0 Å². The molecule has 152 valence electrons. The van der Waals surface area contributed by atoms with Crippen molar-refractivity contribution in [3.8, 4) is 11.6 Å². The maximum absolute atomic E-state index is 13.0. The van der Waals surface area contributed by atoms with Crippen molar-refractivity contribution >= 4 is 32.6 Å². The van der Waals surface area contributed by atoms with Crippen LogP contribution in [0, 0.1) is 0 Å². The fraction of sp³-hybridized carbons (Fsp3) is 0.0476. The van der Waals surface area contributed by atoms with Crippen LogP contribution in [0.25, 0.3) is 10.8 Å². The Labute approximate surface area is 172 Å². The van der Waals surface area contributed by atoms with Crippen molar-refractivity contribution in [2.24, 2.45) is 0 Å².